The van der Waals surface area contributed by atoms with Crippen LogP contribution in [0.3, 0.4) is 0 Å². The standard InChI is InChI=1S/C18H28O2/c1-12-11-15(20)16-17(3,4)9-6-10-18(16,5)14(12)8-7-13(2)19/h14,16H,1,6-11H2,2-5H3/t14-,16-,18-/m1/s1. The quantitative estimate of drug-likeness (QED) is 0.719. The van der Waals surface area contributed by atoms with Crippen molar-refractivity contribution in [3.05, 3.63) is 12.2 Å². The van der Waals surface area contributed by atoms with E-state index in [1.165, 1.54) is 6.42 Å². The van der Waals surface area contributed by atoms with Gasteiger partial charge in [0.05, 0.1) is 0 Å². The average Bonchev–Trinajstić information content (AvgIpc) is 2.25. The fraction of sp³-hybridized carbons (Fsp3) is 0.778. The number of carbonyl (C=O) groups is 2. The predicted molar refractivity (Wildman–Crippen MR) is 81.4 cm³/mol. The van der Waals surface area contributed by atoms with Crippen LogP contribution in [0.25, 0.3) is 0 Å². The van der Waals surface area contributed by atoms with Crippen LogP contribution in [-0.4, -0.2) is 11.6 Å². The van der Waals surface area contributed by atoms with Crippen LogP contribution in [0.2, 0.25) is 0 Å². The Kier molecular flexibility index (Phi) is 3.96. The lowest BCUT2D eigenvalue weighted by molar-refractivity contribution is -0.143. The molecule has 0 aromatic rings. The third kappa shape index (κ3) is 2.49. The fourth-order valence-corrected chi connectivity index (χ4v) is 5.08. The van der Waals surface area contributed by atoms with Crippen LogP contribution in [0, 0.1) is 22.7 Å². The van der Waals surface area contributed by atoms with Crippen molar-refractivity contribution >= 4 is 11.6 Å². The second-order valence-electron chi connectivity index (χ2n) is 7.88. The largest absolute Gasteiger partial charge is 0.300 e. The van der Waals surface area contributed by atoms with E-state index in [1.807, 2.05) is 0 Å². The Morgan fingerprint density at radius 2 is 1.95 bits per heavy atom. The summed E-state index contributed by atoms with van der Waals surface area (Å²) >= 11 is 0. The van der Waals surface area contributed by atoms with Gasteiger partial charge in [0.25, 0.3) is 0 Å². The van der Waals surface area contributed by atoms with E-state index in [2.05, 4.69) is 27.4 Å². The molecule has 2 fully saturated rings. The Bertz CT molecular complexity index is 446. The van der Waals surface area contributed by atoms with E-state index in [9.17, 15) is 9.59 Å². The van der Waals surface area contributed by atoms with E-state index in [0.29, 0.717) is 24.5 Å². The summed E-state index contributed by atoms with van der Waals surface area (Å²) < 4.78 is 0. The second-order valence-corrected chi connectivity index (χ2v) is 7.88. The highest BCUT2D eigenvalue weighted by atomic mass is 16.1. The molecular formula is C18H28O2. The molecule has 2 aliphatic rings. The lowest BCUT2D eigenvalue weighted by Gasteiger charge is -2.56. The first-order valence-corrected chi connectivity index (χ1v) is 7.88. The Balaban J connectivity index is 2.34. The molecule has 0 unspecified atom stereocenters. The summed E-state index contributed by atoms with van der Waals surface area (Å²) in [5.74, 6) is 1.08. The average molecular weight is 276 g/mol. The van der Waals surface area contributed by atoms with Crippen molar-refractivity contribution in [3.8, 4) is 0 Å². The molecule has 20 heavy (non-hydrogen) atoms. The maximum absolute atomic E-state index is 12.6. The maximum atomic E-state index is 12.6. The topological polar surface area (TPSA) is 34.1 Å². The Morgan fingerprint density at radius 1 is 1.30 bits per heavy atom. The Labute approximate surface area is 123 Å². The van der Waals surface area contributed by atoms with Crippen LogP contribution in [0.15, 0.2) is 12.2 Å². The lowest BCUT2D eigenvalue weighted by atomic mass is 9.46. The monoisotopic (exact) mass is 276 g/mol. The number of ketones is 2. The zero-order valence-electron chi connectivity index (χ0n) is 13.4. The van der Waals surface area contributed by atoms with Crippen LogP contribution in [0.5, 0.6) is 0 Å². The second kappa shape index (κ2) is 5.13. The van der Waals surface area contributed by atoms with Gasteiger partial charge in [-0.1, -0.05) is 39.3 Å². The number of carbonyl (C=O) groups excluding carboxylic acids is 2. The molecule has 0 heterocycles. The molecule has 0 amide bonds. The fourth-order valence-electron chi connectivity index (χ4n) is 5.08. The third-order valence-corrected chi connectivity index (χ3v) is 5.77. The van der Waals surface area contributed by atoms with Gasteiger partial charge in [-0.25, -0.2) is 0 Å². The molecule has 2 nitrogen and oxygen atoms in total. The van der Waals surface area contributed by atoms with Gasteiger partial charge in [0, 0.05) is 18.8 Å². The van der Waals surface area contributed by atoms with Crippen molar-refractivity contribution in [2.24, 2.45) is 22.7 Å². The number of fused-ring (bicyclic) bond motifs is 1. The van der Waals surface area contributed by atoms with Gasteiger partial charge >= 0.3 is 0 Å². The van der Waals surface area contributed by atoms with Crippen molar-refractivity contribution in [2.45, 2.75) is 66.2 Å². The predicted octanol–water partition coefficient (Wildman–Crippen LogP) is 4.33. The van der Waals surface area contributed by atoms with Gasteiger partial charge in [-0.3, -0.25) is 4.79 Å². The van der Waals surface area contributed by atoms with Crippen molar-refractivity contribution in [3.63, 3.8) is 0 Å². The van der Waals surface area contributed by atoms with Crippen LogP contribution < -0.4 is 0 Å². The minimum atomic E-state index is 0.00359. The van der Waals surface area contributed by atoms with E-state index in [4.69, 9.17) is 0 Å². The van der Waals surface area contributed by atoms with Gasteiger partial charge in [0.1, 0.15) is 11.6 Å². The highest BCUT2D eigenvalue weighted by Crippen LogP contribution is 2.60. The van der Waals surface area contributed by atoms with E-state index in [0.717, 1.165) is 24.8 Å². The summed E-state index contributed by atoms with van der Waals surface area (Å²) in [5, 5.41) is 0. The molecule has 0 aromatic heterocycles. The molecule has 3 atom stereocenters. The lowest BCUT2D eigenvalue weighted by Crippen LogP contribution is -2.53. The van der Waals surface area contributed by atoms with Crippen molar-refractivity contribution in [1.82, 2.24) is 0 Å². The first kappa shape index (κ1) is 15.5. The molecule has 2 saturated carbocycles. The van der Waals surface area contributed by atoms with E-state index in [-0.39, 0.29) is 22.5 Å². The summed E-state index contributed by atoms with van der Waals surface area (Å²) in [6.07, 6.45) is 5.40. The molecule has 0 saturated heterocycles. The van der Waals surface area contributed by atoms with Crippen LogP contribution in [0.4, 0.5) is 0 Å². The number of hydrogen-bond acceptors (Lipinski definition) is 2. The first-order chi connectivity index (χ1) is 9.18. The maximum Gasteiger partial charge on any atom is 0.141 e. The number of Topliss-reactive ketones (excluding diaryl/α,β-unsaturated/α-hetero) is 2. The molecule has 2 rings (SSSR count). The SMILES string of the molecule is C=C1CC(=O)[C@@H]2C(C)(C)CCC[C@]2(C)[C@@H]1CCC(C)=O. The number of allylic oxidation sites excluding steroid dienone is 1. The molecule has 2 heteroatoms. The third-order valence-electron chi connectivity index (χ3n) is 5.77. The summed E-state index contributed by atoms with van der Waals surface area (Å²) in [4.78, 5) is 24.0. The molecule has 0 radical (unpaired) electrons. The summed E-state index contributed by atoms with van der Waals surface area (Å²) in [6, 6.07) is 0. The van der Waals surface area contributed by atoms with Crippen molar-refractivity contribution in [1.29, 1.82) is 0 Å². The van der Waals surface area contributed by atoms with Crippen LogP contribution in [-0.2, 0) is 9.59 Å². The molecule has 0 N–H and O–H groups in total. The minimum Gasteiger partial charge on any atom is -0.300 e. The zero-order valence-corrected chi connectivity index (χ0v) is 13.4. The zero-order chi connectivity index (χ0) is 15.1. The molecular weight excluding hydrogens is 248 g/mol. The molecule has 112 valence electrons. The van der Waals surface area contributed by atoms with E-state index < -0.39 is 0 Å². The highest BCUT2D eigenvalue weighted by Gasteiger charge is 2.56. The summed E-state index contributed by atoms with van der Waals surface area (Å²) in [5.41, 5.74) is 1.15. The van der Waals surface area contributed by atoms with Crippen LogP contribution in [0.1, 0.15) is 66.2 Å². The van der Waals surface area contributed by atoms with Gasteiger partial charge in [-0.2, -0.15) is 0 Å². The smallest absolute Gasteiger partial charge is 0.141 e. The highest BCUT2D eigenvalue weighted by molar-refractivity contribution is 5.86. The summed E-state index contributed by atoms with van der Waals surface area (Å²) in [7, 11) is 0. The molecule has 2 aliphatic carbocycles. The van der Waals surface area contributed by atoms with Gasteiger partial charge in [-0.15, -0.1) is 0 Å². The first-order valence-electron chi connectivity index (χ1n) is 7.88. The van der Waals surface area contributed by atoms with Crippen LogP contribution >= 0.6 is 0 Å². The molecule has 0 spiro atoms. The molecule has 0 bridgehead atoms. The Hall–Kier alpha value is -0.920. The Morgan fingerprint density at radius 3 is 2.55 bits per heavy atom. The van der Waals surface area contributed by atoms with E-state index in [1.54, 1.807) is 6.92 Å². The van der Waals surface area contributed by atoms with Gasteiger partial charge in [0.15, 0.2) is 0 Å². The number of rotatable bonds is 3. The minimum absolute atomic E-state index is 0.00359. The summed E-state index contributed by atoms with van der Waals surface area (Å²) in [6.45, 7) is 12.6. The van der Waals surface area contributed by atoms with Gasteiger partial charge in [0.2, 0.25) is 0 Å². The number of hydrogen-bond donors (Lipinski definition) is 0. The van der Waals surface area contributed by atoms with Gasteiger partial charge in [-0.05, 0) is 42.9 Å². The van der Waals surface area contributed by atoms with Crippen molar-refractivity contribution in [2.75, 3.05) is 0 Å². The normalized spacial score (nSPS) is 36.6. The molecule has 0 aromatic carbocycles. The van der Waals surface area contributed by atoms with E-state index >= 15 is 0 Å². The van der Waals surface area contributed by atoms with Crippen molar-refractivity contribution < 1.29 is 9.59 Å². The van der Waals surface area contributed by atoms with Gasteiger partial charge < -0.3 is 4.79 Å². The molecule has 0 aliphatic heterocycles.